The number of fused-ring (bicyclic) bond motifs is 10. The van der Waals surface area contributed by atoms with E-state index >= 15 is 0 Å². The largest absolute Gasteiger partial charge is 0.452 e. The minimum Gasteiger partial charge on any atom is -0.452 e. The maximum Gasteiger partial charge on any atom is 0.180 e. The van der Waals surface area contributed by atoms with Crippen LogP contribution in [0.5, 0.6) is 0 Å². The Morgan fingerprint density at radius 3 is 1.02 bits per heavy atom. The summed E-state index contributed by atoms with van der Waals surface area (Å²) in [7, 11) is -2.92. The van der Waals surface area contributed by atoms with Crippen LogP contribution in [-0.2, 0) is 5.41 Å². The molecule has 5 aromatic heterocycles. The Hall–Kier alpha value is -17.8. The number of hydrogen-bond donors (Lipinski definition) is 0. The van der Waals surface area contributed by atoms with Crippen LogP contribution in [0.25, 0.3) is 244 Å². The lowest BCUT2D eigenvalue weighted by molar-refractivity contribution is 0.660. The Kier molecular flexibility index (Phi) is 24.9. The lowest BCUT2D eigenvalue weighted by atomic mass is 9.81. The van der Waals surface area contributed by atoms with Gasteiger partial charge in [0, 0.05) is 75.5 Å². The second kappa shape index (κ2) is 39.6. The van der Waals surface area contributed by atoms with Gasteiger partial charge in [-0.2, -0.15) is 0 Å². The van der Waals surface area contributed by atoms with Crippen molar-refractivity contribution in [2.24, 2.45) is 0 Å². The molecule has 0 bridgehead atoms. The Morgan fingerprint density at radius 1 is 0.201 bits per heavy atom. The van der Waals surface area contributed by atoms with Gasteiger partial charge >= 0.3 is 0 Å². The van der Waals surface area contributed by atoms with Gasteiger partial charge in [-0.05, 0) is 189 Å². The molecular formula is C137H104N8OSSi2. The summed E-state index contributed by atoms with van der Waals surface area (Å²) in [6.07, 6.45) is 0. The van der Waals surface area contributed by atoms with Crippen LogP contribution in [0.4, 0.5) is 0 Å². The number of furan rings is 1. The van der Waals surface area contributed by atoms with E-state index in [1.54, 1.807) is 0 Å². The Bertz CT molecular complexity index is 9120. The maximum absolute atomic E-state index is 6.24. The van der Waals surface area contributed by atoms with Crippen LogP contribution >= 0.6 is 11.3 Å². The zero-order valence-electron chi connectivity index (χ0n) is 84.1. The topological polar surface area (TPSA) is 116 Å². The fourth-order valence-corrected chi connectivity index (χ4v) is 23.8. The smallest absolute Gasteiger partial charge is 0.180 e. The fourth-order valence-electron chi connectivity index (χ4n) is 20.4. The van der Waals surface area contributed by atoms with Gasteiger partial charge in [-0.25, -0.2) is 39.9 Å². The van der Waals surface area contributed by atoms with Gasteiger partial charge < -0.3 is 4.42 Å². The van der Waals surface area contributed by atoms with Crippen LogP contribution in [0, 0.1) is 0 Å². The summed E-state index contributed by atoms with van der Waals surface area (Å²) in [5, 5.41) is 8.92. The van der Waals surface area contributed by atoms with Gasteiger partial charge in [0.2, 0.25) is 0 Å². The van der Waals surface area contributed by atoms with Crippen molar-refractivity contribution in [1.82, 2.24) is 39.9 Å². The summed E-state index contributed by atoms with van der Waals surface area (Å²) >= 11 is 1.85. The molecule has 0 radical (unpaired) electrons. The van der Waals surface area contributed by atoms with Crippen LogP contribution in [0.3, 0.4) is 0 Å². The summed E-state index contributed by atoms with van der Waals surface area (Å²) in [5.41, 5.74) is 35.0. The highest BCUT2D eigenvalue weighted by Crippen LogP contribution is 2.51. The summed E-state index contributed by atoms with van der Waals surface area (Å²) in [6, 6.07) is 172. The molecule has 712 valence electrons. The van der Waals surface area contributed by atoms with Gasteiger partial charge in [-0.3, -0.25) is 0 Å². The Labute approximate surface area is 874 Å². The highest BCUT2D eigenvalue weighted by Gasteiger charge is 2.36. The second-order valence-corrected chi connectivity index (χ2v) is 52.2. The van der Waals surface area contributed by atoms with Crippen LogP contribution in [0.2, 0.25) is 39.3 Å². The quantitative estimate of drug-likeness (QED) is 0.0774. The number of para-hydroxylation sites is 1. The van der Waals surface area contributed by atoms with Crippen molar-refractivity contribution in [2.45, 2.75) is 58.5 Å². The number of thiophene rings is 1. The maximum atomic E-state index is 6.24. The van der Waals surface area contributed by atoms with E-state index in [0.717, 1.165) is 111 Å². The van der Waals surface area contributed by atoms with E-state index in [0.29, 0.717) is 46.4 Å². The van der Waals surface area contributed by atoms with E-state index in [-0.39, 0.29) is 5.41 Å². The number of nitrogens with zero attached hydrogens (tertiary/aromatic N) is 8. The molecule has 0 amide bonds. The van der Waals surface area contributed by atoms with E-state index in [2.05, 4.69) is 490 Å². The Morgan fingerprint density at radius 2 is 0.517 bits per heavy atom. The molecule has 26 rings (SSSR count). The zero-order valence-corrected chi connectivity index (χ0v) is 86.9. The van der Waals surface area contributed by atoms with Crippen LogP contribution < -0.4 is 10.4 Å². The van der Waals surface area contributed by atoms with E-state index in [1.165, 1.54) is 108 Å². The summed E-state index contributed by atoms with van der Waals surface area (Å²) in [5.74, 6) is 4.63. The number of aromatic nitrogens is 8. The standard InChI is InChI=1S/C54H39N3.C45H41N3SSi2.C38H24N2O/c1-54(2)49-19-10-9-18-47(49)48-33-32-46(35-50(48)54)45-17-11-16-44(34-45)40-24-30-43(31-25-40)53-56-51(41-26-20-38(21-27-41)36-12-5-3-6-13-36)55-52(57-53)42-28-22-39(23-29-42)37-14-7-4-8-15-37;1-50(2,3)37-21-16-31(17-22-37)43-46-44(32-18-23-38(24-19-32)51(4,5)6)48-45(47-43)36-27-34(30-12-8-7-9-13-30)26-35(28-36)33-20-25-42-40(29-33)39-14-10-11-15-41(39)49-42;1-2-9-29(10-3-1)35-37-36(33-12-6-7-13-34(33)41-37)40-38(39-35)30-21-18-27(19-22-30)26-14-16-28(17-15-26)32-23-20-25-8-4-5-11-31(25)24-32/h3-35H,1-2H3;7-29H,1-6H3;1-24H. The molecule has 0 unspecified atom stereocenters. The molecule has 20 aromatic carbocycles. The van der Waals surface area contributed by atoms with Crippen molar-refractivity contribution in [1.29, 1.82) is 0 Å². The third-order valence-corrected chi connectivity index (χ3v) is 34.0. The van der Waals surface area contributed by atoms with Crippen LogP contribution in [0.1, 0.15) is 25.0 Å². The molecule has 1 aliphatic rings. The van der Waals surface area contributed by atoms with Crippen molar-refractivity contribution < 1.29 is 4.42 Å². The zero-order chi connectivity index (χ0) is 101. The number of benzene rings is 20. The highest BCUT2D eigenvalue weighted by molar-refractivity contribution is 7.25. The van der Waals surface area contributed by atoms with Gasteiger partial charge in [-0.15, -0.1) is 11.3 Å². The summed E-state index contributed by atoms with van der Waals surface area (Å²) in [6.45, 7) is 18.9. The van der Waals surface area contributed by atoms with E-state index < -0.39 is 16.1 Å². The molecular weight excluding hydrogens is 1860 g/mol. The predicted octanol–water partition coefficient (Wildman–Crippen LogP) is 35.7. The monoisotopic (exact) mass is 1960 g/mol. The van der Waals surface area contributed by atoms with Gasteiger partial charge in [0.15, 0.2) is 46.4 Å². The predicted molar refractivity (Wildman–Crippen MR) is 630 cm³/mol. The van der Waals surface area contributed by atoms with Crippen molar-refractivity contribution in [3.05, 3.63) is 496 Å². The molecule has 25 aromatic rings. The highest BCUT2D eigenvalue weighted by atomic mass is 32.1. The molecule has 0 saturated heterocycles. The number of hydrogen-bond acceptors (Lipinski definition) is 10. The lowest BCUT2D eigenvalue weighted by Gasteiger charge is -2.22. The average molecular weight is 1970 g/mol. The molecule has 149 heavy (non-hydrogen) atoms. The molecule has 0 aliphatic heterocycles. The average Bonchev–Trinajstić information content (AvgIpc) is 1.62. The molecule has 0 atom stereocenters. The SMILES string of the molecule is CC1(C)c2ccccc2-c2ccc(-c3cccc(-c4ccc(-c5nc(-c6ccc(-c7ccccc7)cc6)nc(-c6ccc(-c7ccccc7)cc6)n5)cc4)c3)cc21.C[Si](C)(C)c1ccc(-c2nc(-c3ccc([Si](C)(C)C)cc3)nc(-c3cc(-c4ccccc4)cc(-c4ccc5sc6ccccc6c5c4)c3)n2)cc1.c1ccc(-c2nc(-c3ccc(-c4ccc(-c5ccc6ccccc6c5)cc4)cc3)nc3c2oc2ccccc23)cc1. The first kappa shape index (κ1) is 93.6. The molecule has 0 N–H and O–H groups in total. The van der Waals surface area contributed by atoms with Crippen molar-refractivity contribution in [3.63, 3.8) is 0 Å². The molecule has 9 nitrogen and oxygen atoms in total. The van der Waals surface area contributed by atoms with Crippen molar-refractivity contribution in [3.8, 4) is 191 Å². The first-order valence-corrected chi connectivity index (χ1v) is 58.7. The van der Waals surface area contributed by atoms with Gasteiger partial charge in [0.1, 0.15) is 16.8 Å². The van der Waals surface area contributed by atoms with Crippen LogP contribution in [0.15, 0.2) is 490 Å². The summed E-state index contributed by atoms with van der Waals surface area (Å²) < 4.78 is 8.85. The second-order valence-electron chi connectivity index (χ2n) is 41.0. The van der Waals surface area contributed by atoms with Gasteiger partial charge in [0.05, 0.1) is 16.1 Å². The molecule has 0 spiro atoms. The molecule has 1 aliphatic carbocycles. The molecule has 5 heterocycles. The van der Waals surface area contributed by atoms with Gasteiger partial charge in [0.25, 0.3) is 0 Å². The molecule has 12 heteroatoms. The van der Waals surface area contributed by atoms with Gasteiger partial charge in [-0.1, -0.05) is 482 Å². The minimum absolute atomic E-state index is 0.0403. The minimum atomic E-state index is -1.46. The summed E-state index contributed by atoms with van der Waals surface area (Å²) in [4.78, 5) is 40.6. The number of rotatable bonds is 18. The van der Waals surface area contributed by atoms with Crippen molar-refractivity contribution >= 4 is 90.9 Å². The van der Waals surface area contributed by atoms with E-state index in [4.69, 9.17) is 44.3 Å². The third kappa shape index (κ3) is 19.3. The Balaban J connectivity index is 0.000000121. The lowest BCUT2D eigenvalue weighted by Crippen LogP contribution is -2.37. The first-order chi connectivity index (χ1) is 72.8. The van der Waals surface area contributed by atoms with E-state index in [1.807, 2.05) is 59.9 Å². The fraction of sp³-hybridized carbons (Fsp3) is 0.0657. The molecule has 0 fully saturated rings. The molecule has 0 saturated carbocycles. The first-order valence-electron chi connectivity index (χ1n) is 50.9. The third-order valence-electron chi connectivity index (χ3n) is 28.8. The van der Waals surface area contributed by atoms with Crippen molar-refractivity contribution in [2.75, 3.05) is 0 Å². The van der Waals surface area contributed by atoms with E-state index in [9.17, 15) is 0 Å². The van der Waals surface area contributed by atoms with Crippen LogP contribution in [-0.4, -0.2) is 56.0 Å². The normalized spacial score (nSPS) is 12.1.